The van der Waals surface area contributed by atoms with Crippen LogP contribution in [0, 0.1) is 0 Å². The first-order valence-electron chi connectivity index (χ1n) is 6.99. The molecule has 0 aromatic heterocycles. The van der Waals surface area contributed by atoms with Gasteiger partial charge in [0.25, 0.3) is 0 Å². The van der Waals surface area contributed by atoms with Crippen LogP contribution in [0.15, 0.2) is 18.2 Å². The molecule has 0 atom stereocenters. The van der Waals surface area contributed by atoms with Crippen LogP contribution >= 0.6 is 11.8 Å². The van der Waals surface area contributed by atoms with Gasteiger partial charge in [0.15, 0.2) is 11.5 Å². The van der Waals surface area contributed by atoms with Crippen molar-refractivity contribution in [3.63, 3.8) is 0 Å². The Morgan fingerprint density at radius 2 is 2.05 bits per heavy atom. The number of unbranched alkanes of at least 4 members (excludes halogenated alkanes) is 2. The number of para-hydroxylation sites is 1. The van der Waals surface area contributed by atoms with Gasteiger partial charge in [-0.1, -0.05) is 18.6 Å². The van der Waals surface area contributed by atoms with Crippen molar-refractivity contribution in [3.05, 3.63) is 23.8 Å². The molecule has 1 aromatic carbocycles. The average molecular weight is 319 g/mol. The highest BCUT2D eigenvalue weighted by Crippen LogP contribution is 2.32. The van der Waals surface area contributed by atoms with Gasteiger partial charge in [0.1, 0.15) is 0 Å². The summed E-state index contributed by atoms with van der Waals surface area (Å²) in [5.41, 5.74) is 0.679. The van der Waals surface area contributed by atoms with Crippen LogP contribution in [0.4, 0.5) is 8.78 Å². The lowest BCUT2D eigenvalue weighted by Crippen LogP contribution is -2.16. The van der Waals surface area contributed by atoms with Crippen LogP contribution in [0.2, 0.25) is 0 Å². The summed E-state index contributed by atoms with van der Waals surface area (Å²) in [6, 6.07) is 5.15. The molecular weight excluding hydrogens is 296 g/mol. The van der Waals surface area contributed by atoms with E-state index in [9.17, 15) is 8.78 Å². The van der Waals surface area contributed by atoms with Crippen molar-refractivity contribution in [1.29, 1.82) is 0 Å². The molecule has 1 aromatic rings. The number of nitrogens with one attached hydrogen (secondary N) is 1. The quantitative estimate of drug-likeness (QED) is 0.626. The first kappa shape index (κ1) is 18.0. The summed E-state index contributed by atoms with van der Waals surface area (Å²) in [7, 11) is 1.44. The van der Waals surface area contributed by atoms with E-state index in [0.717, 1.165) is 13.0 Å². The largest absolute Gasteiger partial charge is 0.493 e. The highest BCUT2D eigenvalue weighted by molar-refractivity contribution is 7.98. The smallest absolute Gasteiger partial charge is 0.387 e. The van der Waals surface area contributed by atoms with Crippen molar-refractivity contribution < 1.29 is 18.3 Å². The van der Waals surface area contributed by atoms with Crippen LogP contribution in [0.5, 0.6) is 11.5 Å². The molecule has 0 saturated heterocycles. The lowest BCUT2D eigenvalue weighted by molar-refractivity contribution is -0.0518. The van der Waals surface area contributed by atoms with E-state index in [1.807, 2.05) is 11.8 Å². The number of halogens is 2. The van der Waals surface area contributed by atoms with Gasteiger partial charge in [-0.3, -0.25) is 0 Å². The molecule has 0 amide bonds. The van der Waals surface area contributed by atoms with Gasteiger partial charge in [-0.05, 0) is 37.5 Å². The van der Waals surface area contributed by atoms with Gasteiger partial charge in [0, 0.05) is 12.1 Å². The molecule has 0 unspecified atom stereocenters. The van der Waals surface area contributed by atoms with Crippen molar-refractivity contribution in [1.82, 2.24) is 5.32 Å². The summed E-state index contributed by atoms with van der Waals surface area (Å²) in [6.45, 7) is -1.51. The zero-order valence-electron chi connectivity index (χ0n) is 12.5. The van der Waals surface area contributed by atoms with E-state index < -0.39 is 6.61 Å². The van der Waals surface area contributed by atoms with Gasteiger partial charge < -0.3 is 14.8 Å². The lowest BCUT2D eigenvalue weighted by Gasteiger charge is -2.14. The molecule has 0 aliphatic carbocycles. The predicted octanol–water partition coefficient (Wildman–Crippen LogP) is 3.92. The number of ether oxygens (including phenoxy) is 2. The highest BCUT2D eigenvalue weighted by Gasteiger charge is 2.14. The second-order valence-corrected chi connectivity index (χ2v) is 5.54. The Labute approximate surface area is 129 Å². The van der Waals surface area contributed by atoms with E-state index in [0.29, 0.717) is 17.9 Å². The minimum absolute atomic E-state index is 0.116. The summed E-state index contributed by atoms with van der Waals surface area (Å²) in [5, 5.41) is 3.26. The molecule has 0 aliphatic rings. The molecule has 0 aliphatic heterocycles. The van der Waals surface area contributed by atoms with E-state index in [1.54, 1.807) is 18.2 Å². The van der Waals surface area contributed by atoms with Gasteiger partial charge >= 0.3 is 6.61 Å². The minimum atomic E-state index is -2.86. The zero-order chi connectivity index (χ0) is 15.5. The van der Waals surface area contributed by atoms with E-state index in [-0.39, 0.29) is 5.75 Å². The monoisotopic (exact) mass is 319 g/mol. The second-order valence-electron chi connectivity index (χ2n) is 4.56. The number of benzene rings is 1. The van der Waals surface area contributed by atoms with E-state index in [4.69, 9.17) is 4.74 Å². The fourth-order valence-corrected chi connectivity index (χ4v) is 2.47. The van der Waals surface area contributed by atoms with Gasteiger partial charge in [-0.15, -0.1) is 0 Å². The summed E-state index contributed by atoms with van der Waals surface area (Å²) >= 11 is 1.85. The molecule has 0 heterocycles. The van der Waals surface area contributed by atoms with Gasteiger partial charge in [-0.2, -0.15) is 20.5 Å². The van der Waals surface area contributed by atoms with Crippen LogP contribution < -0.4 is 14.8 Å². The molecule has 21 heavy (non-hydrogen) atoms. The molecule has 1 N–H and O–H groups in total. The van der Waals surface area contributed by atoms with Crippen LogP contribution in [0.1, 0.15) is 24.8 Å². The Kier molecular flexibility index (Phi) is 9.17. The Morgan fingerprint density at radius 1 is 1.24 bits per heavy atom. The molecule has 6 heteroatoms. The van der Waals surface area contributed by atoms with Gasteiger partial charge in [-0.25, -0.2) is 0 Å². The van der Waals surface area contributed by atoms with Crippen molar-refractivity contribution in [2.45, 2.75) is 32.4 Å². The standard InChI is InChI=1S/C15H23F2NO2S/c1-19-13-8-6-7-12(14(13)20-15(16)17)11-18-9-4-3-5-10-21-2/h6-8,15,18H,3-5,9-11H2,1-2H3. The molecular formula is C15H23F2NO2S. The first-order chi connectivity index (χ1) is 10.2. The molecule has 0 bridgehead atoms. The maximum absolute atomic E-state index is 12.5. The van der Waals surface area contributed by atoms with Crippen molar-refractivity contribution in [3.8, 4) is 11.5 Å². The highest BCUT2D eigenvalue weighted by atomic mass is 32.2. The van der Waals surface area contributed by atoms with Gasteiger partial charge in [0.05, 0.1) is 7.11 Å². The summed E-state index contributed by atoms with van der Waals surface area (Å²) in [5.74, 6) is 1.63. The normalized spacial score (nSPS) is 10.9. The van der Waals surface area contributed by atoms with Crippen molar-refractivity contribution in [2.24, 2.45) is 0 Å². The summed E-state index contributed by atoms with van der Waals surface area (Å²) < 4.78 is 34.6. The molecule has 1 rings (SSSR count). The number of alkyl halides is 2. The van der Waals surface area contributed by atoms with Crippen LogP contribution in [-0.4, -0.2) is 32.3 Å². The molecule has 3 nitrogen and oxygen atoms in total. The van der Waals surface area contributed by atoms with Crippen LogP contribution in [-0.2, 0) is 6.54 Å². The third-order valence-electron chi connectivity index (χ3n) is 3.00. The Balaban J connectivity index is 2.46. The maximum atomic E-state index is 12.5. The summed E-state index contributed by atoms with van der Waals surface area (Å²) in [4.78, 5) is 0. The SMILES string of the molecule is COc1cccc(CNCCCCCSC)c1OC(F)F. The van der Waals surface area contributed by atoms with Crippen molar-refractivity contribution >= 4 is 11.8 Å². The third-order valence-corrected chi connectivity index (χ3v) is 3.70. The van der Waals surface area contributed by atoms with E-state index in [1.165, 1.54) is 25.7 Å². The van der Waals surface area contributed by atoms with Crippen LogP contribution in [0.25, 0.3) is 0 Å². The predicted molar refractivity (Wildman–Crippen MR) is 83.6 cm³/mol. The molecule has 0 spiro atoms. The van der Waals surface area contributed by atoms with Gasteiger partial charge in [0.2, 0.25) is 0 Å². The average Bonchev–Trinajstić information content (AvgIpc) is 2.47. The Hall–Kier alpha value is -1.01. The lowest BCUT2D eigenvalue weighted by atomic mass is 10.1. The fraction of sp³-hybridized carbons (Fsp3) is 0.600. The number of thioether (sulfide) groups is 1. The Bertz CT molecular complexity index is 405. The van der Waals surface area contributed by atoms with E-state index in [2.05, 4.69) is 16.3 Å². The molecule has 120 valence electrons. The van der Waals surface area contributed by atoms with E-state index >= 15 is 0 Å². The van der Waals surface area contributed by atoms with Crippen molar-refractivity contribution in [2.75, 3.05) is 25.7 Å². The third kappa shape index (κ3) is 7.00. The number of methoxy groups -OCH3 is 1. The molecule has 0 fully saturated rings. The molecule has 0 radical (unpaired) electrons. The molecule has 0 saturated carbocycles. The summed E-state index contributed by atoms with van der Waals surface area (Å²) in [6.07, 6.45) is 5.56. The number of rotatable bonds is 11. The number of hydrogen-bond acceptors (Lipinski definition) is 4. The first-order valence-corrected chi connectivity index (χ1v) is 8.38. The minimum Gasteiger partial charge on any atom is -0.493 e. The fourth-order valence-electron chi connectivity index (χ4n) is 1.98. The number of hydrogen-bond donors (Lipinski definition) is 1. The zero-order valence-corrected chi connectivity index (χ0v) is 13.3. The topological polar surface area (TPSA) is 30.5 Å². The maximum Gasteiger partial charge on any atom is 0.387 e. The Morgan fingerprint density at radius 3 is 2.71 bits per heavy atom. The second kappa shape index (κ2) is 10.7. The van der Waals surface area contributed by atoms with Crippen LogP contribution in [0.3, 0.4) is 0 Å².